The van der Waals surface area contributed by atoms with Crippen LogP contribution >= 0.6 is 11.6 Å². The fourth-order valence-corrected chi connectivity index (χ4v) is 3.41. The van der Waals surface area contributed by atoms with Crippen LogP contribution in [0.5, 0.6) is 0 Å². The molecule has 1 aliphatic rings. The van der Waals surface area contributed by atoms with Crippen LogP contribution < -0.4 is 10.2 Å². The van der Waals surface area contributed by atoms with Gasteiger partial charge in [-0.2, -0.15) is 5.10 Å². The summed E-state index contributed by atoms with van der Waals surface area (Å²) in [5, 5.41) is 10.1. The van der Waals surface area contributed by atoms with Gasteiger partial charge in [-0.15, -0.1) is 0 Å². The molecular formula is C20H18ClFN4O2. The summed E-state index contributed by atoms with van der Waals surface area (Å²) in [5.74, 6) is -0.714. The number of benzene rings is 2. The van der Waals surface area contributed by atoms with Crippen molar-refractivity contribution in [1.82, 2.24) is 15.5 Å². The molecule has 1 saturated heterocycles. The van der Waals surface area contributed by atoms with Gasteiger partial charge in [0.2, 0.25) is 0 Å². The maximum Gasteiger partial charge on any atom is 0.266 e. The summed E-state index contributed by atoms with van der Waals surface area (Å²) in [5.41, 5.74) is 2.28. The van der Waals surface area contributed by atoms with E-state index in [4.69, 9.17) is 16.3 Å². The van der Waals surface area contributed by atoms with Crippen LogP contribution in [0.1, 0.15) is 22.0 Å². The molecule has 0 bridgehead atoms. The lowest BCUT2D eigenvalue weighted by Crippen LogP contribution is -2.33. The SMILES string of the molecule is O=C(c1cn[nH]c1)N(c1ccc(F)cc1)c1ccc([C@H]2CNCCO2)cc1Cl. The average molecular weight is 401 g/mol. The minimum atomic E-state index is -0.386. The molecule has 6 nitrogen and oxygen atoms in total. The summed E-state index contributed by atoms with van der Waals surface area (Å²) in [6.45, 7) is 2.15. The smallest absolute Gasteiger partial charge is 0.266 e. The third-order valence-electron chi connectivity index (χ3n) is 4.55. The van der Waals surface area contributed by atoms with Crippen LogP contribution in [0.3, 0.4) is 0 Å². The number of aromatic amines is 1. The first-order valence-corrected chi connectivity index (χ1v) is 9.22. The number of halogens is 2. The summed E-state index contributed by atoms with van der Waals surface area (Å²) in [6, 6.07) is 11.1. The molecule has 0 spiro atoms. The molecule has 144 valence electrons. The van der Waals surface area contributed by atoms with Crippen LogP contribution in [-0.4, -0.2) is 35.8 Å². The van der Waals surface area contributed by atoms with Crippen molar-refractivity contribution in [2.24, 2.45) is 0 Å². The minimum absolute atomic E-state index is 0.0934. The maximum atomic E-state index is 13.4. The Labute approximate surface area is 166 Å². The molecule has 1 atom stereocenters. The summed E-state index contributed by atoms with van der Waals surface area (Å²) < 4.78 is 19.2. The first-order valence-electron chi connectivity index (χ1n) is 8.84. The van der Waals surface area contributed by atoms with E-state index >= 15 is 0 Å². The molecule has 0 unspecified atom stereocenters. The van der Waals surface area contributed by atoms with E-state index in [0.717, 1.165) is 12.1 Å². The second-order valence-electron chi connectivity index (χ2n) is 6.38. The van der Waals surface area contributed by atoms with Gasteiger partial charge in [0.15, 0.2) is 0 Å². The molecule has 2 heterocycles. The van der Waals surface area contributed by atoms with E-state index in [1.54, 1.807) is 12.1 Å². The van der Waals surface area contributed by atoms with Crippen molar-refractivity contribution < 1.29 is 13.9 Å². The Bertz CT molecular complexity index is 957. The lowest BCUT2D eigenvalue weighted by molar-refractivity contribution is 0.0277. The number of ether oxygens (including phenoxy) is 1. The van der Waals surface area contributed by atoms with Gasteiger partial charge in [0.05, 0.1) is 35.2 Å². The highest BCUT2D eigenvalue weighted by Crippen LogP contribution is 2.35. The number of amides is 1. The van der Waals surface area contributed by atoms with Gasteiger partial charge in [-0.1, -0.05) is 17.7 Å². The highest BCUT2D eigenvalue weighted by Gasteiger charge is 2.24. The van der Waals surface area contributed by atoms with Gasteiger partial charge in [-0.3, -0.25) is 14.8 Å². The van der Waals surface area contributed by atoms with Crippen molar-refractivity contribution in [2.75, 3.05) is 24.6 Å². The summed E-state index contributed by atoms with van der Waals surface area (Å²) in [6.07, 6.45) is 2.84. The molecule has 0 saturated carbocycles. The molecule has 4 rings (SSSR count). The summed E-state index contributed by atoms with van der Waals surface area (Å²) >= 11 is 6.56. The van der Waals surface area contributed by atoms with Crippen LogP contribution in [0.4, 0.5) is 15.8 Å². The van der Waals surface area contributed by atoms with Gasteiger partial charge >= 0.3 is 0 Å². The van der Waals surface area contributed by atoms with Gasteiger partial charge in [0, 0.05) is 25.0 Å². The molecular weight excluding hydrogens is 383 g/mol. The lowest BCUT2D eigenvalue weighted by Gasteiger charge is -2.27. The zero-order valence-electron chi connectivity index (χ0n) is 14.9. The Kier molecular flexibility index (Phi) is 5.38. The van der Waals surface area contributed by atoms with Crippen LogP contribution in [0, 0.1) is 5.82 Å². The molecule has 0 radical (unpaired) electrons. The summed E-state index contributed by atoms with van der Waals surface area (Å²) in [7, 11) is 0. The van der Waals surface area contributed by atoms with Crippen LogP contribution in [0.15, 0.2) is 54.9 Å². The largest absolute Gasteiger partial charge is 0.371 e. The molecule has 1 fully saturated rings. The number of morpholine rings is 1. The summed E-state index contributed by atoms with van der Waals surface area (Å²) in [4.78, 5) is 14.6. The first-order chi connectivity index (χ1) is 13.6. The Morgan fingerprint density at radius 2 is 2.07 bits per heavy atom. The molecule has 2 aromatic carbocycles. The second-order valence-corrected chi connectivity index (χ2v) is 6.79. The molecule has 1 amide bonds. The number of hydrogen-bond acceptors (Lipinski definition) is 4. The normalized spacial score (nSPS) is 16.7. The van der Waals surface area contributed by atoms with Crippen LogP contribution in [-0.2, 0) is 4.74 Å². The van der Waals surface area contributed by atoms with Gasteiger partial charge < -0.3 is 10.1 Å². The van der Waals surface area contributed by atoms with E-state index < -0.39 is 0 Å². The highest BCUT2D eigenvalue weighted by molar-refractivity contribution is 6.34. The molecule has 28 heavy (non-hydrogen) atoms. The molecule has 0 aliphatic carbocycles. The quantitative estimate of drug-likeness (QED) is 0.698. The number of nitrogens with one attached hydrogen (secondary N) is 2. The van der Waals surface area contributed by atoms with E-state index in [1.165, 1.54) is 41.6 Å². The van der Waals surface area contributed by atoms with Crippen molar-refractivity contribution in [1.29, 1.82) is 0 Å². The van der Waals surface area contributed by atoms with Crippen molar-refractivity contribution in [3.63, 3.8) is 0 Å². The topological polar surface area (TPSA) is 70.2 Å². The van der Waals surface area contributed by atoms with E-state index in [-0.39, 0.29) is 17.8 Å². The van der Waals surface area contributed by atoms with Gasteiger partial charge in [0.1, 0.15) is 5.82 Å². The fraction of sp³-hybridized carbons (Fsp3) is 0.200. The van der Waals surface area contributed by atoms with E-state index in [2.05, 4.69) is 15.5 Å². The van der Waals surface area contributed by atoms with Crippen molar-refractivity contribution in [3.8, 4) is 0 Å². The number of nitrogens with zero attached hydrogens (tertiary/aromatic N) is 2. The third-order valence-corrected chi connectivity index (χ3v) is 4.85. The van der Waals surface area contributed by atoms with Gasteiger partial charge in [-0.25, -0.2) is 4.39 Å². The standard InChI is InChI=1S/C20H18ClFN4O2/c21-17-9-13(19-12-23-7-8-28-19)1-6-18(17)26(16-4-2-15(22)3-5-16)20(27)14-10-24-25-11-14/h1-6,9-11,19,23H,7-8,12H2,(H,24,25)/t19-/m1/s1. The number of aromatic nitrogens is 2. The molecule has 1 aromatic heterocycles. The molecule has 8 heteroatoms. The number of H-pyrrole nitrogens is 1. The van der Waals surface area contributed by atoms with Crippen molar-refractivity contribution in [2.45, 2.75) is 6.10 Å². The first kappa shape index (κ1) is 18.6. The Balaban J connectivity index is 1.73. The van der Waals surface area contributed by atoms with Crippen LogP contribution in [0.25, 0.3) is 0 Å². The lowest BCUT2D eigenvalue weighted by atomic mass is 10.1. The monoisotopic (exact) mass is 400 g/mol. The van der Waals surface area contributed by atoms with Crippen LogP contribution in [0.2, 0.25) is 5.02 Å². The van der Waals surface area contributed by atoms with E-state index in [0.29, 0.717) is 35.1 Å². The highest BCUT2D eigenvalue weighted by atomic mass is 35.5. The fourth-order valence-electron chi connectivity index (χ4n) is 3.14. The van der Waals surface area contributed by atoms with E-state index in [1.807, 2.05) is 6.07 Å². The number of carbonyl (C=O) groups is 1. The third kappa shape index (κ3) is 3.77. The van der Waals surface area contributed by atoms with E-state index in [9.17, 15) is 9.18 Å². The molecule has 3 aromatic rings. The number of rotatable bonds is 4. The number of hydrogen-bond donors (Lipinski definition) is 2. The second kappa shape index (κ2) is 8.10. The Morgan fingerprint density at radius 3 is 2.71 bits per heavy atom. The zero-order chi connectivity index (χ0) is 19.5. The zero-order valence-corrected chi connectivity index (χ0v) is 15.6. The maximum absolute atomic E-state index is 13.4. The predicted octanol–water partition coefficient (Wildman–Crippen LogP) is 3.84. The molecule has 1 aliphatic heterocycles. The average Bonchev–Trinajstić information content (AvgIpc) is 3.26. The number of carbonyl (C=O) groups excluding carboxylic acids is 1. The minimum Gasteiger partial charge on any atom is -0.371 e. The number of anilines is 2. The Hall–Kier alpha value is -2.74. The van der Waals surface area contributed by atoms with Crippen molar-refractivity contribution in [3.05, 3.63) is 76.8 Å². The molecule has 2 N–H and O–H groups in total. The predicted molar refractivity (Wildman–Crippen MR) is 104 cm³/mol. The van der Waals surface area contributed by atoms with Gasteiger partial charge in [-0.05, 0) is 42.0 Å². The Morgan fingerprint density at radius 1 is 1.25 bits per heavy atom. The van der Waals surface area contributed by atoms with Gasteiger partial charge in [0.25, 0.3) is 5.91 Å². The van der Waals surface area contributed by atoms with Crippen molar-refractivity contribution >= 4 is 28.9 Å².